The van der Waals surface area contributed by atoms with E-state index in [-0.39, 0.29) is 75.4 Å². The predicted octanol–water partition coefficient (Wildman–Crippen LogP) is 2.00. The lowest BCUT2D eigenvalue weighted by Crippen LogP contribution is -2.46. The van der Waals surface area contributed by atoms with Gasteiger partial charge in [-0.25, -0.2) is 9.59 Å². The fraction of sp³-hybridized carbons (Fsp3) is 0.659. The van der Waals surface area contributed by atoms with Crippen molar-refractivity contribution in [2.45, 2.75) is 52.5 Å². The second-order valence-electron chi connectivity index (χ2n) is 13.8. The Hall–Kier alpha value is -4.50. The summed E-state index contributed by atoms with van der Waals surface area (Å²) in [6.07, 6.45) is 3.19. The van der Waals surface area contributed by atoms with E-state index >= 15 is 0 Å². The van der Waals surface area contributed by atoms with E-state index in [1.54, 1.807) is 13.8 Å². The minimum absolute atomic E-state index is 0.0361. The van der Waals surface area contributed by atoms with Gasteiger partial charge in [0.1, 0.15) is 6.61 Å². The summed E-state index contributed by atoms with van der Waals surface area (Å²) in [5, 5.41) is 8.00. The number of benzene rings is 1. The average Bonchev–Trinajstić information content (AvgIpc) is 3.54. The molecule has 1 heterocycles. The minimum Gasteiger partial charge on any atom is -0.447 e. The quantitative estimate of drug-likeness (QED) is 0.0558. The molecule has 338 valence electrons. The van der Waals surface area contributed by atoms with Gasteiger partial charge in [0.25, 0.3) is 11.8 Å². The first-order valence-corrected chi connectivity index (χ1v) is 20.5. The van der Waals surface area contributed by atoms with Crippen LogP contribution in [0.2, 0.25) is 0 Å². The summed E-state index contributed by atoms with van der Waals surface area (Å²) < 4.78 is 43.3. The minimum atomic E-state index is -0.881. The zero-order valence-electron chi connectivity index (χ0n) is 35.3. The second kappa shape index (κ2) is 32.3. The van der Waals surface area contributed by atoms with Crippen LogP contribution >= 0.6 is 0 Å². The molecule has 1 aliphatic heterocycles. The number of Topliss-reactive ketones (excluding diaryl/α,β-unsaturated/α-hetero) is 1. The summed E-state index contributed by atoms with van der Waals surface area (Å²) >= 11 is 0. The summed E-state index contributed by atoms with van der Waals surface area (Å²) in [7, 11) is 0. The number of primary amides is 1. The molecule has 0 aliphatic carbocycles. The van der Waals surface area contributed by atoms with Gasteiger partial charge in [0.05, 0.1) is 105 Å². The van der Waals surface area contributed by atoms with Gasteiger partial charge in [0.15, 0.2) is 5.78 Å². The molecule has 0 bridgehead atoms. The third-order valence-corrected chi connectivity index (χ3v) is 8.82. The number of carbonyl (C=O) groups is 6. The maximum atomic E-state index is 13.4. The van der Waals surface area contributed by atoms with E-state index in [1.165, 1.54) is 12.2 Å². The Morgan fingerprint density at radius 3 is 1.60 bits per heavy atom. The summed E-state index contributed by atoms with van der Waals surface area (Å²) in [6.45, 7) is 11.0. The van der Waals surface area contributed by atoms with Crippen LogP contribution in [0.25, 0.3) is 0 Å². The van der Waals surface area contributed by atoms with E-state index in [2.05, 4.69) is 16.0 Å². The van der Waals surface area contributed by atoms with Gasteiger partial charge in [0.2, 0.25) is 5.91 Å². The third kappa shape index (κ3) is 23.9. The molecule has 5 N–H and O–H groups in total. The Morgan fingerprint density at radius 1 is 0.683 bits per heavy atom. The lowest BCUT2D eigenvalue weighted by atomic mass is 9.89. The topological polar surface area (TPSA) is 242 Å². The van der Waals surface area contributed by atoms with E-state index < -0.39 is 24.1 Å². The number of alkyl carbamates (subject to hydrolysis) is 1. The molecule has 6 amide bonds. The first-order chi connectivity index (χ1) is 29.0. The second-order valence-corrected chi connectivity index (χ2v) is 13.8. The van der Waals surface area contributed by atoms with Crippen molar-refractivity contribution in [3.8, 4) is 0 Å². The molecule has 0 fully saturated rings. The molecular weight excluding hydrogens is 786 g/mol. The number of nitrogens with two attached hydrogens (primary N) is 1. The molecule has 1 aromatic rings. The number of imide groups is 1. The Balaban J connectivity index is 1.45. The molecule has 2 atom stereocenters. The van der Waals surface area contributed by atoms with Crippen LogP contribution in [-0.4, -0.2) is 159 Å². The largest absolute Gasteiger partial charge is 0.447 e. The summed E-state index contributed by atoms with van der Waals surface area (Å²) in [4.78, 5) is 74.3. The summed E-state index contributed by atoms with van der Waals surface area (Å²) in [5.41, 5.74) is 6.89. The lowest BCUT2D eigenvalue weighted by molar-refractivity contribution is -0.137. The van der Waals surface area contributed by atoms with Gasteiger partial charge in [-0.1, -0.05) is 32.9 Å². The Kier molecular flexibility index (Phi) is 27.8. The highest BCUT2D eigenvalue weighted by molar-refractivity contribution is 6.12. The van der Waals surface area contributed by atoms with Crippen LogP contribution in [0.15, 0.2) is 36.4 Å². The Morgan fingerprint density at radius 2 is 1.15 bits per heavy atom. The van der Waals surface area contributed by atoms with Crippen molar-refractivity contribution in [2.24, 2.45) is 17.6 Å². The molecule has 0 spiro atoms. The molecule has 0 unspecified atom stereocenters. The summed E-state index contributed by atoms with van der Waals surface area (Å²) in [6, 6.07) is 5.91. The number of hydrogen-bond donors (Lipinski definition) is 4. The van der Waals surface area contributed by atoms with Gasteiger partial charge in [-0.15, -0.1) is 0 Å². The first kappa shape index (κ1) is 51.6. The molecule has 0 saturated heterocycles. The fourth-order valence-corrected chi connectivity index (χ4v) is 5.53. The van der Waals surface area contributed by atoms with Crippen molar-refractivity contribution in [1.82, 2.24) is 15.5 Å². The van der Waals surface area contributed by atoms with Crippen molar-refractivity contribution in [3.63, 3.8) is 0 Å². The number of aryl methyl sites for hydroxylation is 1. The van der Waals surface area contributed by atoms with Crippen molar-refractivity contribution in [3.05, 3.63) is 42.0 Å². The molecule has 19 nitrogen and oxygen atoms in total. The number of nitrogens with zero attached hydrogens (tertiary/aromatic N) is 1. The van der Waals surface area contributed by atoms with Crippen LogP contribution in [0.4, 0.5) is 15.3 Å². The highest BCUT2D eigenvalue weighted by Gasteiger charge is 2.30. The van der Waals surface area contributed by atoms with Crippen LogP contribution in [0.1, 0.15) is 45.6 Å². The number of urea groups is 1. The van der Waals surface area contributed by atoms with Crippen LogP contribution in [-0.2, 0) is 63.5 Å². The zero-order chi connectivity index (χ0) is 43.8. The molecule has 0 aromatic heterocycles. The maximum Gasteiger partial charge on any atom is 0.407 e. The Labute approximate surface area is 352 Å². The van der Waals surface area contributed by atoms with Gasteiger partial charge >= 0.3 is 12.1 Å². The van der Waals surface area contributed by atoms with Gasteiger partial charge in [0, 0.05) is 36.7 Å². The monoisotopic (exact) mass is 851 g/mol. The van der Waals surface area contributed by atoms with E-state index in [4.69, 9.17) is 43.6 Å². The van der Waals surface area contributed by atoms with Crippen molar-refractivity contribution < 1.29 is 66.7 Å². The van der Waals surface area contributed by atoms with Crippen molar-refractivity contribution in [2.75, 3.05) is 118 Å². The number of carbonyl (C=O) groups excluding carboxylic acids is 6. The number of hydrogen-bond acceptors (Lipinski definition) is 14. The van der Waals surface area contributed by atoms with E-state index in [1.807, 2.05) is 31.2 Å². The predicted molar refractivity (Wildman–Crippen MR) is 219 cm³/mol. The van der Waals surface area contributed by atoms with Gasteiger partial charge < -0.3 is 59.6 Å². The number of rotatable bonds is 36. The lowest BCUT2D eigenvalue weighted by Gasteiger charge is -2.24. The van der Waals surface area contributed by atoms with Crippen LogP contribution < -0.4 is 21.7 Å². The smallest absolute Gasteiger partial charge is 0.407 e. The number of anilines is 1. The normalized spacial score (nSPS) is 13.4. The highest BCUT2D eigenvalue weighted by atomic mass is 16.6. The fourth-order valence-electron chi connectivity index (χ4n) is 5.53. The van der Waals surface area contributed by atoms with Crippen molar-refractivity contribution >= 4 is 41.3 Å². The van der Waals surface area contributed by atoms with Gasteiger partial charge in [-0.3, -0.25) is 24.1 Å². The molecule has 1 aliphatic rings. The molecule has 2 rings (SSSR count). The molecule has 1 aromatic carbocycles. The van der Waals surface area contributed by atoms with Crippen LogP contribution in [0, 0.1) is 11.8 Å². The molecule has 60 heavy (non-hydrogen) atoms. The number of ketones is 1. The van der Waals surface area contributed by atoms with Crippen molar-refractivity contribution in [1.29, 1.82) is 0 Å². The number of amides is 6. The number of ether oxygens (including phenoxy) is 8. The molecular formula is C41H65N5O14. The average molecular weight is 852 g/mol. The van der Waals surface area contributed by atoms with Crippen LogP contribution in [0.5, 0.6) is 0 Å². The molecule has 0 saturated carbocycles. The molecule has 0 radical (unpaired) electrons. The Bertz CT molecular complexity index is 1430. The maximum absolute atomic E-state index is 13.4. The standard InChI is InChI=1S/C41H65N5O14/c1-4-32-7-9-34(10-8-32)44-39(50)33(6-5-13-43-40(42)51)30-35(47)38(31(2)3)45-41(52)60-29-28-59-27-26-58-25-24-57-23-22-56-21-20-55-19-18-54-17-16-53-15-14-46-36(48)11-12-37(46)49/h7-12,31,33,38H,4-6,13-30H2,1-3H3,(H,44,50)(H,45,52)(H3,42,43,51)/t33-,38+/m1/s1. The van der Waals surface area contributed by atoms with E-state index in [9.17, 15) is 28.8 Å². The van der Waals surface area contributed by atoms with E-state index in [0.717, 1.165) is 16.9 Å². The van der Waals surface area contributed by atoms with Gasteiger partial charge in [-0.05, 0) is 42.9 Å². The number of nitrogens with one attached hydrogen (secondary N) is 3. The molecule has 19 heteroatoms. The SMILES string of the molecule is CCc1ccc(NC(=O)[C@H](CCCNC(N)=O)CC(=O)[C@@H](NC(=O)OCCOCCOCCOCCOCCOCCOCCOCCN2C(=O)C=CC2=O)C(C)C)cc1. The van der Waals surface area contributed by atoms with Crippen LogP contribution in [0.3, 0.4) is 0 Å². The highest BCUT2D eigenvalue weighted by Crippen LogP contribution is 2.19. The summed E-state index contributed by atoms with van der Waals surface area (Å²) in [5.74, 6) is -2.27. The van der Waals surface area contributed by atoms with Gasteiger partial charge in [-0.2, -0.15) is 0 Å². The van der Waals surface area contributed by atoms with E-state index in [0.29, 0.717) is 91.2 Å². The first-order valence-electron chi connectivity index (χ1n) is 20.5. The third-order valence-electron chi connectivity index (χ3n) is 8.82. The zero-order valence-corrected chi connectivity index (χ0v) is 35.3.